The van der Waals surface area contributed by atoms with Crippen molar-refractivity contribution in [3.05, 3.63) is 84.4 Å². The van der Waals surface area contributed by atoms with Gasteiger partial charge in [0.15, 0.2) is 0 Å². The van der Waals surface area contributed by atoms with Gasteiger partial charge in [-0.05, 0) is 104 Å². The van der Waals surface area contributed by atoms with E-state index in [0.29, 0.717) is 41.3 Å². The quantitative estimate of drug-likeness (QED) is 0.115. The van der Waals surface area contributed by atoms with E-state index in [0.717, 1.165) is 36.3 Å². The molecule has 4 atom stereocenters. The molecule has 5 aromatic rings. The van der Waals surface area contributed by atoms with Crippen molar-refractivity contribution in [3.8, 4) is 17.2 Å². The zero-order valence-electron chi connectivity index (χ0n) is 23.5. The van der Waals surface area contributed by atoms with E-state index in [9.17, 15) is 15.3 Å². The third-order valence-electron chi connectivity index (χ3n) is 8.21. The molecule has 0 aliphatic heterocycles. The second-order valence-corrected chi connectivity index (χ2v) is 11.2. The number of benzene rings is 3. The number of hydrogen-bond acceptors (Lipinski definition) is 13. The van der Waals surface area contributed by atoms with Crippen LogP contribution in [0.5, 0.6) is 17.2 Å². The van der Waals surface area contributed by atoms with Gasteiger partial charge in [0.1, 0.15) is 28.9 Å². The molecule has 44 heavy (non-hydrogen) atoms. The highest BCUT2D eigenvalue weighted by atomic mass is 16.3. The van der Waals surface area contributed by atoms with Gasteiger partial charge < -0.3 is 37.0 Å². The first-order chi connectivity index (χ1) is 21.3. The number of nitrogen functional groups attached to an aromatic ring is 1. The molecule has 2 bridgehead atoms. The lowest BCUT2D eigenvalue weighted by Crippen LogP contribution is -2.21. The number of rotatable bonds is 8. The summed E-state index contributed by atoms with van der Waals surface area (Å²) in [7, 11) is 0. The lowest BCUT2D eigenvalue weighted by Gasteiger charge is -2.26. The Labute approximate surface area is 252 Å². The second kappa shape index (κ2) is 11.2. The molecule has 13 nitrogen and oxygen atoms in total. The van der Waals surface area contributed by atoms with Gasteiger partial charge in [0.25, 0.3) is 0 Å². The fraction of sp³-hybridized carbons (Fsp3) is 0.226. The number of nitrogens with one attached hydrogen (secondary N) is 3. The Hall–Kier alpha value is -5.72. The molecule has 0 amide bonds. The zero-order chi connectivity index (χ0) is 30.2. The molecule has 7 rings (SSSR count). The van der Waals surface area contributed by atoms with Gasteiger partial charge in [-0.1, -0.05) is 0 Å². The highest BCUT2D eigenvalue weighted by molar-refractivity contribution is 5.59. The van der Waals surface area contributed by atoms with E-state index < -0.39 is 0 Å². The van der Waals surface area contributed by atoms with E-state index in [1.54, 1.807) is 72.8 Å². The van der Waals surface area contributed by atoms with E-state index >= 15 is 0 Å². The second-order valence-electron chi connectivity index (χ2n) is 11.2. The molecule has 2 aliphatic rings. The molecule has 2 heterocycles. The number of anilines is 7. The van der Waals surface area contributed by atoms with Crippen molar-refractivity contribution >= 4 is 40.9 Å². The summed E-state index contributed by atoms with van der Waals surface area (Å²) >= 11 is 0. The third-order valence-corrected chi connectivity index (χ3v) is 8.21. The van der Waals surface area contributed by atoms with Gasteiger partial charge in [0, 0.05) is 28.9 Å². The maximum Gasteiger partial charge on any atom is 0.232 e. The van der Waals surface area contributed by atoms with Crippen LogP contribution in [0.15, 0.2) is 72.8 Å². The predicted molar refractivity (Wildman–Crippen MR) is 165 cm³/mol. The summed E-state index contributed by atoms with van der Waals surface area (Å²) in [5.74, 6) is 4.06. The fourth-order valence-electron chi connectivity index (χ4n) is 6.23. The summed E-state index contributed by atoms with van der Waals surface area (Å²) in [6.07, 6.45) is 2.72. The van der Waals surface area contributed by atoms with Gasteiger partial charge in [-0.15, -0.1) is 0 Å². The molecule has 2 fully saturated rings. The number of hydrogen-bond donors (Lipinski definition) is 7. The molecule has 3 aromatic carbocycles. The van der Waals surface area contributed by atoms with Crippen LogP contribution in [0.4, 0.5) is 40.9 Å². The van der Waals surface area contributed by atoms with Crippen molar-refractivity contribution in [2.75, 3.05) is 21.7 Å². The molecule has 4 unspecified atom stereocenters. The Balaban J connectivity index is 1.12. The van der Waals surface area contributed by atoms with Crippen molar-refractivity contribution < 1.29 is 15.3 Å². The Morgan fingerprint density at radius 2 is 0.841 bits per heavy atom. The SMILES string of the molecule is Nc1nc(Nc2ccc(O)cc2)nc(C2CC3CC2CC3c2nc(Nc3ccc(O)cc3)nc(Nc3ccc(O)cc3)n2)n1. The molecule has 0 radical (unpaired) electrons. The Morgan fingerprint density at radius 3 is 1.23 bits per heavy atom. The summed E-state index contributed by atoms with van der Waals surface area (Å²) < 4.78 is 0. The van der Waals surface area contributed by atoms with Crippen LogP contribution in [0.1, 0.15) is 42.7 Å². The molecule has 222 valence electrons. The molecule has 2 saturated carbocycles. The molecule has 0 spiro atoms. The van der Waals surface area contributed by atoms with E-state index in [2.05, 4.69) is 30.9 Å². The van der Waals surface area contributed by atoms with E-state index in [1.165, 1.54) is 0 Å². The van der Waals surface area contributed by atoms with Crippen molar-refractivity contribution in [2.45, 2.75) is 31.1 Å². The Kier molecular flexibility index (Phi) is 6.89. The normalized spacial score (nSPS) is 20.4. The fourth-order valence-corrected chi connectivity index (χ4v) is 6.23. The number of aromatic nitrogens is 6. The minimum atomic E-state index is 0.119. The van der Waals surface area contributed by atoms with Crippen LogP contribution in [0, 0.1) is 11.8 Å². The van der Waals surface area contributed by atoms with Gasteiger partial charge in [-0.2, -0.15) is 29.9 Å². The van der Waals surface area contributed by atoms with Crippen LogP contribution in [-0.4, -0.2) is 45.2 Å². The number of phenols is 3. The summed E-state index contributed by atoms with van der Waals surface area (Å²) in [5, 5.41) is 38.5. The average Bonchev–Trinajstić information content (AvgIpc) is 3.62. The summed E-state index contributed by atoms with van der Waals surface area (Å²) in [6.45, 7) is 0. The first-order valence-electron chi connectivity index (χ1n) is 14.3. The summed E-state index contributed by atoms with van der Waals surface area (Å²) in [5.41, 5.74) is 8.28. The minimum absolute atomic E-state index is 0.119. The number of phenolic OH excluding ortho intramolecular Hbond substituents is 3. The van der Waals surface area contributed by atoms with Crippen LogP contribution in [0.2, 0.25) is 0 Å². The van der Waals surface area contributed by atoms with Gasteiger partial charge in [-0.25, -0.2) is 0 Å². The van der Waals surface area contributed by atoms with Crippen molar-refractivity contribution in [1.82, 2.24) is 29.9 Å². The highest BCUT2D eigenvalue weighted by Crippen LogP contribution is 2.58. The van der Waals surface area contributed by atoms with Crippen molar-refractivity contribution in [1.29, 1.82) is 0 Å². The lowest BCUT2D eigenvalue weighted by molar-refractivity contribution is 0.355. The molecular weight excluding hydrogens is 560 g/mol. The monoisotopic (exact) mass is 590 g/mol. The zero-order valence-corrected chi connectivity index (χ0v) is 23.5. The van der Waals surface area contributed by atoms with Crippen LogP contribution >= 0.6 is 0 Å². The van der Waals surface area contributed by atoms with Gasteiger partial charge in [-0.3, -0.25) is 0 Å². The number of nitrogens with two attached hydrogens (primary N) is 1. The maximum absolute atomic E-state index is 9.68. The topological polar surface area (TPSA) is 200 Å². The van der Waals surface area contributed by atoms with Crippen molar-refractivity contribution in [3.63, 3.8) is 0 Å². The van der Waals surface area contributed by atoms with Crippen LogP contribution in [-0.2, 0) is 0 Å². The molecule has 2 aromatic heterocycles. The smallest absolute Gasteiger partial charge is 0.232 e. The Morgan fingerprint density at radius 1 is 0.477 bits per heavy atom. The first kappa shape index (κ1) is 27.1. The average molecular weight is 591 g/mol. The van der Waals surface area contributed by atoms with E-state index in [-0.39, 0.29) is 35.0 Å². The predicted octanol–water partition coefficient (Wildman–Crippen LogP) is 5.28. The van der Waals surface area contributed by atoms with Crippen LogP contribution in [0.25, 0.3) is 0 Å². The number of nitrogens with zero attached hydrogens (tertiary/aromatic N) is 6. The van der Waals surface area contributed by atoms with Crippen LogP contribution in [0.3, 0.4) is 0 Å². The number of aromatic hydroxyl groups is 3. The summed E-state index contributed by atoms with van der Waals surface area (Å²) in [6, 6.07) is 20.0. The summed E-state index contributed by atoms with van der Waals surface area (Å²) in [4.78, 5) is 27.7. The molecule has 8 N–H and O–H groups in total. The molecule has 0 saturated heterocycles. The Bertz CT molecular complexity index is 1720. The first-order valence-corrected chi connectivity index (χ1v) is 14.3. The minimum Gasteiger partial charge on any atom is -0.508 e. The lowest BCUT2D eigenvalue weighted by atomic mass is 9.81. The van der Waals surface area contributed by atoms with Gasteiger partial charge in [0.05, 0.1) is 0 Å². The molecule has 13 heteroatoms. The third kappa shape index (κ3) is 5.79. The maximum atomic E-state index is 9.68. The molecule has 2 aliphatic carbocycles. The van der Waals surface area contributed by atoms with Gasteiger partial charge >= 0.3 is 0 Å². The molecular formula is C31H30N10O3. The number of fused-ring (bicyclic) bond motifs is 2. The standard InChI is InChI=1S/C31H30N10O3/c32-28-36-26(37-29(40-28)33-18-1-7-21(42)8-2-18)24-14-17-13-16(24)15-25(17)27-38-30(34-19-3-9-22(43)10-4-19)41-31(39-27)35-20-5-11-23(44)12-6-20/h1-12,16-17,24-25,42-44H,13-15H2,(H3,32,33,36,37,40)(H2,34,35,38,39,41). The van der Waals surface area contributed by atoms with Crippen molar-refractivity contribution in [2.24, 2.45) is 11.8 Å². The van der Waals surface area contributed by atoms with E-state index in [4.69, 9.17) is 20.7 Å². The highest BCUT2D eigenvalue weighted by Gasteiger charge is 2.49. The largest absolute Gasteiger partial charge is 0.508 e. The van der Waals surface area contributed by atoms with Gasteiger partial charge in [0.2, 0.25) is 23.8 Å². The van der Waals surface area contributed by atoms with E-state index in [1.807, 2.05) is 0 Å². The van der Waals surface area contributed by atoms with Crippen LogP contribution < -0.4 is 21.7 Å².